The van der Waals surface area contributed by atoms with Crippen molar-refractivity contribution in [2.45, 2.75) is 27.2 Å². The highest BCUT2D eigenvalue weighted by molar-refractivity contribution is 7.63. The summed E-state index contributed by atoms with van der Waals surface area (Å²) in [6.45, 7) is 6.20. The molecule has 1 fully saturated rings. The van der Waals surface area contributed by atoms with E-state index in [4.69, 9.17) is 18.5 Å². The Morgan fingerprint density at radius 1 is 1.03 bits per heavy atom. The lowest BCUT2D eigenvalue weighted by Crippen LogP contribution is -2.34. The molecule has 31 heavy (non-hydrogen) atoms. The van der Waals surface area contributed by atoms with Crippen LogP contribution in [-0.2, 0) is 29.5 Å². The lowest BCUT2D eigenvalue weighted by molar-refractivity contribution is 0.0463. The minimum absolute atomic E-state index is 0.00779. The first kappa shape index (κ1) is 23.2. The fourth-order valence-corrected chi connectivity index (χ4v) is 5.99. The van der Waals surface area contributed by atoms with Gasteiger partial charge in [-0.3, -0.25) is 4.57 Å². The molecule has 0 atom stereocenters. The molecule has 2 aromatic rings. The average Bonchev–Trinajstić information content (AvgIpc) is 2.77. The maximum absolute atomic E-state index is 14.0. The maximum atomic E-state index is 14.0. The van der Waals surface area contributed by atoms with Gasteiger partial charge in [0, 0.05) is 5.41 Å². The number of carbonyl (C=O) groups is 2. The van der Waals surface area contributed by atoms with E-state index in [9.17, 15) is 14.2 Å². The monoisotopic (exact) mass is 446 g/mol. The zero-order valence-electron chi connectivity index (χ0n) is 18.4. The molecule has 7 nitrogen and oxygen atoms in total. The highest BCUT2D eigenvalue weighted by atomic mass is 31.2. The first-order chi connectivity index (χ1) is 14.7. The molecular formula is C23H27O7P. The number of carbonyl (C=O) groups excluding carboxylic acids is 2. The van der Waals surface area contributed by atoms with Gasteiger partial charge in [-0.15, -0.1) is 0 Å². The predicted molar refractivity (Wildman–Crippen MR) is 118 cm³/mol. The Morgan fingerprint density at radius 2 is 1.58 bits per heavy atom. The van der Waals surface area contributed by atoms with Crippen molar-refractivity contribution in [2.24, 2.45) is 5.41 Å². The number of hydrogen-bond donors (Lipinski definition) is 0. The van der Waals surface area contributed by atoms with E-state index in [1.54, 1.807) is 36.4 Å². The number of ether oxygens (including phenoxy) is 2. The largest absolute Gasteiger partial charge is 0.465 e. The summed E-state index contributed by atoms with van der Waals surface area (Å²) in [5, 5.41) is 1.21. The zero-order chi connectivity index (χ0) is 22.8. The Balaban J connectivity index is 2.47. The van der Waals surface area contributed by atoms with Gasteiger partial charge in [-0.25, -0.2) is 9.59 Å². The fourth-order valence-electron chi connectivity index (χ4n) is 3.59. The van der Waals surface area contributed by atoms with Crippen LogP contribution >= 0.6 is 7.60 Å². The number of benzene rings is 2. The van der Waals surface area contributed by atoms with Crippen LogP contribution in [-0.4, -0.2) is 39.4 Å². The predicted octanol–water partition coefficient (Wildman–Crippen LogP) is 4.42. The van der Waals surface area contributed by atoms with E-state index in [0.717, 1.165) is 0 Å². The van der Waals surface area contributed by atoms with Gasteiger partial charge in [-0.2, -0.15) is 0 Å². The van der Waals surface area contributed by atoms with Crippen LogP contribution < -0.4 is 5.30 Å². The summed E-state index contributed by atoms with van der Waals surface area (Å²) < 4.78 is 35.6. The molecular weight excluding hydrogens is 419 g/mol. The van der Waals surface area contributed by atoms with Crippen molar-refractivity contribution in [3.05, 3.63) is 53.1 Å². The van der Waals surface area contributed by atoms with Crippen LogP contribution in [0.4, 0.5) is 0 Å². The van der Waals surface area contributed by atoms with E-state index in [0.29, 0.717) is 16.3 Å². The Hall–Kier alpha value is -2.47. The van der Waals surface area contributed by atoms with Gasteiger partial charge >= 0.3 is 19.5 Å². The molecule has 166 valence electrons. The van der Waals surface area contributed by atoms with Gasteiger partial charge < -0.3 is 18.5 Å². The van der Waals surface area contributed by atoms with Gasteiger partial charge in [0.25, 0.3) is 0 Å². The summed E-state index contributed by atoms with van der Waals surface area (Å²) in [6, 6.07) is 6.91. The molecule has 1 aliphatic rings. The van der Waals surface area contributed by atoms with Crippen molar-refractivity contribution < 1.29 is 32.7 Å². The SMILES string of the molecule is C/C=C/Cc1c(C(=O)OC)c(C(=O)OC)c2ccccc2c1P1(=O)OCC(C)(C)CO1. The van der Waals surface area contributed by atoms with Crippen LogP contribution in [0, 0.1) is 5.41 Å². The molecule has 0 aliphatic carbocycles. The average molecular weight is 446 g/mol. The molecule has 0 aromatic heterocycles. The van der Waals surface area contributed by atoms with Gasteiger partial charge in [0.2, 0.25) is 0 Å². The van der Waals surface area contributed by atoms with Crippen molar-refractivity contribution in [1.29, 1.82) is 0 Å². The topological polar surface area (TPSA) is 88.1 Å². The van der Waals surface area contributed by atoms with E-state index in [-0.39, 0.29) is 41.5 Å². The molecule has 2 aromatic carbocycles. The first-order valence-corrected chi connectivity index (χ1v) is 11.5. The normalized spacial score (nSPS) is 17.6. The number of fused-ring (bicyclic) bond motifs is 1. The van der Waals surface area contributed by atoms with Crippen molar-refractivity contribution >= 4 is 35.6 Å². The highest BCUT2D eigenvalue weighted by Gasteiger charge is 2.43. The van der Waals surface area contributed by atoms with Gasteiger partial charge in [0.15, 0.2) is 0 Å². The van der Waals surface area contributed by atoms with Crippen LogP contribution in [0.1, 0.15) is 47.1 Å². The van der Waals surface area contributed by atoms with Crippen molar-refractivity contribution in [2.75, 3.05) is 27.4 Å². The second-order valence-corrected chi connectivity index (χ2v) is 10.0. The summed E-state index contributed by atoms with van der Waals surface area (Å²) in [5.74, 6) is -1.41. The summed E-state index contributed by atoms with van der Waals surface area (Å²) in [5.41, 5.74) is 0.141. The first-order valence-electron chi connectivity index (χ1n) is 9.94. The number of hydrogen-bond acceptors (Lipinski definition) is 7. The number of rotatable bonds is 5. The molecule has 0 spiro atoms. The Bertz CT molecular complexity index is 1090. The summed E-state index contributed by atoms with van der Waals surface area (Å²) in [7, 11) is -1.32. The summed E-state index contributed by atoms with van der Waals surface area (Å²) in [6.07, 6.45) is 3.84. The maximum Gasteiger partial charge on any atom is 0.362 e. The minimum atomic E-state index is -3.80. The third kappa shape index (κ3) is 4.31. The van der Waals surface area contributed by atoms with Crippen LogP contribution in [0.15, 0.2) is 36.4 Å². The van der Waals surface area contributed by atoms with E-state index >= 15 is 0 Å². The van der Waals surface area contributed by atoms with E-state index < -0.39 is 19.5 Å². The Morgan fingerprint density at radius 3 is 2.13 bits per heavy atom. The van der Waals surface area contributed by atoms with Crippen LogP contribution in [0.2, 0.25) is 0 Å². The summed E-state index contributed by atoms with van der Waals surface area (Å²) in [4.78, 5) is 25.7. The summed E-state index contributed by atoms with van der Waals surface area (Å²) >= 11 is 0. The zero-order valence-corrected chi connectivity index (χ0v) is 19.3. The quantitative estimate of drug-likeness (QED) is 0.382. The molecule has 0 bridgehead atoms. The van der Waals surface area contributed by atoms with Crippen molar-refractivity contribution in [3.63, 3.8) is 0 Å². The second-order valence-electron chi connectivity index (χ2n) is 8.09. The van der Waals surface area contributed by atoms with Crippen LogP contribution in [0.3, 0.4) is 0 Å². The molecule has 8 heteroatoms. The molecule has 1 heterocycles. The second kappa shape index (κ2) is 8.95. The Kier molecular flexibility index (Phi) is 6.70. The lowest BCUT2D eigenvalue weighted by atomic mass is 9.92. The van der Waals surface area contributed by atoms with Crippen LogP contribution in [0.25, 0.3) is 10.8 Å². The van der Waals surface area contributed by atoms with Gasteiger partial charge in [-0.05, 0) is 29.7 Å². The standard InChI is InChI=1S/C23H27O7P/c1-6-7-10-17-19(22(25)28-5)18(21(24)27-4)15-11-8-9-12-16(15)20(17)31(26)29-13-23(2,3)14-30-31/h6-9,11-12H,10,13-14H2,1-5H3/b7-6+. The molecule has 0 saturated carbocycles. The van der Waals surface area contributed by atoms with E-state index in [1.807, 2.05) is 20.8 Å². The molecule has 1 aliphatic heterocycles. The van der Waals surface area contributed by atoms with Crippen LogP contribution in [0.5, 0.6) is 0 Å². The third-order valence-electron chi connectivity index (χ3n) is 5.15. The molecule has 1 saturated heterocycles. The lowest BCUT2D eigenvalue weighted by Gasteiger charge is -2.35. The van der Waals surface area contributed by atoms with Gasteiger partial charge in [0.05, 0.1) is 43.9 Å². The van der Waals surface area contributed by atoms with Crippen molar-refractivity contribution in [1.82, 2.24) is 0 Å². The molecule has 3 rings (SSSR count). The highest BCUT2D eigenvalue weighted by Crippen LogP contribution is 2.55. The number of esters is 2. The third-order valence-corrected chi connectivity index (χ3v) is 7.15. The molecule has 0 N–H and O–H groups in total. The molecule has 0 unspecified atom stereocenters. The fraction of sp³-hybridized carbons (Fsp3) is 0.391. The molecule has 0 radical (unpaired) electrons. The minimum Gasteiger partial charge on any atom is -0.465 e. The smallest absolute Gasteiger partial charge is 0.362 e. The van der Waals surface area contributed by atoms with Gasteiger partial charge in [0.1, 0.15) is 0 Å². The van der Waals surface area contributed by atoms with Gasteiger partial charge in [-0.1, -0.05) is 50.3 Å². The Labute approximate surface area is 181 Å². The van der Waals surface area contributed by atoms with E-state index in [2.05, 4.69) is 0 Å². The number of methoxy groups -OCH3 is 2. The van der Waals surface area contributed by atoms with Crippen molar-refractivity contribution in [3.8, 4) is 0 Å². The van der Waals surface area contributed by atoms with E-state index in [1.165, 1.54) is 14.2 Å². The molecule has 0 amide bonds. The number of allylic oxidation sites excluding steroid dienone is 2.